The summed E-state index contributed by atoms with van der Waals surface area (Å²) >= 11 is 0. The molecule has 0 radical (unpaired) electrons. The maximum absolute atomic E-state index is 11.8. The van der Waals surface area contributed by atoms with E-state index >= 15 is 0 Å². The Kier molecular flexibility index (Phi) is 17.4. The third-order valence-corrected chi connectivity index (χ3v) is 3.60. The van der Waals surface area contributed by atoms with Gasteiger partial charge in [-0.15, -0.1) is 24.8 Å². The molecule has 0 saturated carbocycles. The second kappa shape index (κ2) is 13.9. The molecule has 0 heterocycles. The van der Waals surface area contributed by atoms with Gasteiger partial charge in [0.15, 0.2) is 0 Å². The normalized spacial score (nSPS) is 14.8. The molecule has 0 aliphatic rings. The van der Waals surface area contributed by atoms with Crippen LogP contribution in [0.1, 0.15) is 47.5 Å². The van der Waals surface area contributed by atoms with Crippen molar-refractivity contribution in [2.75, 3.05) is 19.6 Å². The second-order valence-electron chi connectivity index (χ2n) is 5.23. The molecule has 0 rings (SSSR count). The van der Waals surface area contributed by atoms with E-state index in [0.717, 1.165) is 32.5 Å². The van der Waals surface area contributed by atoms with Crippen LogP contribution in [0.25, 0.3) is 0 Å². The van der Waals surface area contributed by atoms with E-state index < -0.39 is 0 Å². The Bertz CT molecular complexity index is 236. The molecule has 0 aliphatic carbocycles. The van der Waals surface area contributed by atoms with Crippen LogP contribution in [0.2, 0.25) is 0 Å². The van der Waals surface area contributed by atoms with Crippen molar-refractivity contribution < 1.29 is 4.79 Å². The van der Waals surface area contributed by atoms with Crippen molar-refractivity contribution in [3.63, 3.8) is 0 Å². The summed E-state index contributed by atoms with van der Waals surface area (Å²) in [6, 6.07) is 0.141. The minimum Gasteiger partial charge on any atom is -0.353 e. The summed E-state index contributed by atoms with van der Waals surface area (Å²) in [4.78, 5) is 14.2. The zero-order chi connectivity index (χ0) is 14.1. The number of nitrogens with two attached hydrogens (primary N) is 1. The Morgan fingerprint density at radius 3 is 2.05 bits per heavy atom. The molecule has 3 N–H and O–H groups in total. The molecule has 0 aromatic rings. The number of carbonyl (C=O) groups is 1. The minimum absolute atomic E-state index is 0. The molecule has 6 heteroatoms. The summed E-state index contributed by atoms with van der Waals surface area (Å²) in [7, 11) is 0. The molecule has 0 bridgehead atoms. The fraction of sp³-hybridized carbons (Fsp3) is 0.929. The van der Waals surface area contributed by atoms with Crippen molar-refractivity contribution in [1.82, 2.24) is 10.2 Å². The second-order valence-corrected chi connectivity index (χ2v) is 5.23. The topological polar surface area (TPSA) is 58.4 Å². The van der Waals surface area contributed by atoms with Crippen molar-refractivity contribution in [3.8, 4) is 0 Å². The summed E-state index contributed by atoms with van der Waals surface area (Å²) in [5, 5.41) is 3.03. The van der Waals surface area contributed by atoms with E-state index in [1.807, 2.05) is 13.8 Å². The van der Waals surface area contributed by atoms with Crippen molar-refractivity contribution in [1.29, 1.82) is 0 Å². The number of nitrogens with one attached hydrogen (secondary N) is 1. The molecular weight excluding hydrogens is 297 g/mol. The van der Waals surface area contributed by atoms with Gasteiger partial charge in [-0.3, -0.25) is 4.79 Å². The summed E-state index contributed by atoms with van der Waals surface area (Å²) in [6.45, 7) is 13.5. The molecule has 0 aliphatic heterocycles. The Morgan fingerprint density at radius 2 is 1.65 bits per heavy atom. The predicted molar refractivity (Wildman–Crippen MR) is 91.9 cm³/mol. The first-order valence-electron chi connectivity index (χ1n) is 7.20. The van der Waals surface area contributed by atoms with Crippen LogP contribution >= 0.6 is 24.8 Å². The fourth-order valence-electron chi connectivity index (χ4n) is 1.85. The molecule has 0 fully saturated rings. The molecule has 4 nitrogen and oxygen atoms in total. The molecular formula is C14H33Cl2N3O. The highest BCUT2D eigenvalue weighted by Gasteiger charge is 2.18. The number of carbonyl (C=O) groups excluding carboxylic acids is 1. The van der Waals surface area contributed by atoms with Crippen LogP contribution in [-0.4, -0.2) is 42.5 Å². The quantitative estimate of drug-likeness (QED) is 0.683. The van der Waals surface area contributed by atoms with Gasteiger partial charge in [-0.1, -0.05) is 20.8 Å². The SMILES string of the molecule is CCN(CC)CCCC(C)NC(=O)C(C)C(C)N.Cl.Cl. The molecule has 0 saturated heterocycles. The Morgan fingerprint density at radius 1 is 1.15 bits per heavy atom. The van der Waals surface area contributed by atoms with Gasteiger partial charge >= 0.3 is 0 Å². The highest BCUT2D eigenvalue weighted by atomic mass is 35.5. The van der Waals surface area contributed by atoms with Crippen molar-refractivity contribution >= 4 is 30.7 Å². The number of hydrogen-bond donors (Lipinski definition) is 2. The molecule has 0 aromatic heterocycles. The standard InChI is InChI=1S/C14H31N3O.2ClH/c1-6-17(7-2)10-8-9-11(3)16-14(18)12(4)13(5)15;;/h11-13H,6-10,15H2,1-5H3,(H,16,18);2*1H. The molecule has 3 atom stereocenters. The van der Waals surface area contributed by atoms with E-state index in [0.29, 0.717) is 0 Å². The smallest absolute Gasteiger partial charge is 0.224 e. The van der Waals surface area contributed by atoms with Crippen LogP contribution in [0.3, 0.4) is 0 Å². The average molecular weight is 330 g/mol. The summed E-state index contributed by atoms with van der Waals surface area (Å²) in [5.74, 6) is -0.0458. The first kappa shape index (κ1) is 25.0. The van der Waals surface area contributed by atoms with Gasteiger partial charge < -0.3 is 16.0 Å². The van der Waals surface area contributed by atoms with E-state index in [-0.39, 0.29) is 48.7 Å². The molecule has 124 valence electrons. The van der Waals surface area contributed by atoms with Crippen molar-refractivity contribution in [3.05, 3.63) is 0 Å². The van der Waals surface area contributed by atoms with Crippen LogP contribution < -0.4 is 11.1 Å². The lowest BCUT2D eigenvalue weighted by atomic mass is 10.0. The van der Waals surface area contributed by atoms with E-state index in [2.05, 4.69) is 31.0 Å². The summed E-state index contributed by atoms with van der Waals surface area (Å²) in [6.07, 6.45) is 2.14. The maximum Gasteiger partial charge on any atom is 0.224 e. The molecule has 1 amide bonds. The summed E-state index contributed by atoms with van der Waals surface area (Å²) in [5.41, 5.74) is 5.72. The van der Waals surface area contributed by atoms with Gasteiger partial charge in [0.1, 0.15) is 0 Å². The third-order valence-electron chi connectivity index (χ3n) is 3.60. The average Bonchev–Trinajstić information content (AvgIpc) is 2.33. The van der Waals surface area contributed by atoms with Crippen LogP contribution in [0.15, 0.2) is 0 Å². The molecule has 3 unspecified atom stereocenters. The van der Waals surface area contributed by atoms with Gasteiger partial charge in [0.25, 0.3) is 0 Å². The van der Waals surface area contributed by atoms with Gasteiger partial charge in [0.05, 0.1) is 0 Å². The monoisotopic (exact) mass is 329 g/mol. The predicted octanol–water partition coefficient (Wildman–Crippen LogP) is 2.44. The lowest BCUT2D eigenvalue weighted by Crippen LogP contribution is -2.42. The van der Waals surface area contributed by atoms with E-state index in [1.54, 1.807) is 0 Å². The largest absolute Gasteiger partial charge is 0.353 e. The van der Waals surface area contributed by atoms with Crippen LogP contribution in [-0.2, 0) is 4.79 Å². The van der Waals surface area contributed by atoms with E-state index in [9.17, 15) is 4.79 Å². The van der Waals surface area contributed by atoms with E-state index in [4.69, 9.17) is 5.73 Å². The van der Waals surface area contributed by atoms with Crippen LogP contribution in [0, 0.1) is 5.92 Å². The number of amides is 1. The number of hydrogen-bond acceptors (Lipinski definition) is 3. The van der Waals surface area contributed by atoms with Gasteiger partial charge in [-0.25, -0.2) is 0 Å². The molecule has 20 heavy (non-hydrogen) atoms. The summed E-state index contributed by atoms with van der Waals surface area (Å²) < 4.78 is 0. The van der Waals surface area contributed by atoms with Gasteiger partial charge in [-0.05, 0) is 46.3 Å². The van der Waals surface area contributed by atoms with Crippen LogP contribution in [0.4, 0.5) is 0 Å². The van der Waals surface area contributed by atoms with E-state index in [1.165, 1.54) is 0 Å². The number of nitrogens with zero attached hydrogens (tertiary/aromatic N) is 1. The highest BCUT2D eigenvalue weighted by Crippen LogP contribution is 2.04. The zero-order valence-corrected chi connectivity index (χ0v) is 15.1. The molecule has 0 aromatic carbocycles. The number of rotatable bonds is 9. The van der Waals surface area contributed by atoms with Crippen molar-refractivity contribution in [2.24, 2.45) is 11.7 Å². The maximum atomic E-state index is 11.8. The third kappa shape index (κ3) is 10.7. The van der Waals surface area contributed by atoms with Gasteiger partial charge in [0, 0.05) is 18.0 Å². The number of halogens is 2. The Labute approximate surface area is 137 Å². The first-order valence-corrected chi connectivity index (χ1v) is 7.20. The Hall–Kier alpha value is -0.0300. The van der Waals surface area contributed by atoms with Gasteiger partial charge in [0.2, 0.25) is 5.91 Å². The lowest BCUT2D eigenvalue weighted by molar-refractivity contribution is -0.125. The van der Waals surface area contributed by atoms with Crippen molar-refractivity contribution in [2.45, 2.75) is 59.5 Å². The fourth-order valence-corrected chi connectivity index (χ4v) is 1.85. The molecule has 0 spiro atoms. The lowest BCUT2D eigenvalue weighted by Gasteiger charge is -2.21. The minimum atomic E-state index is -0.116. The Balaban J connectivity index is -0.00000144. The first-order chi connectivity index (χ1) is 8.42. The highest BCUT2D eigenvalue weighted by molar-refractivity contribution is 5.85. The van der Waals surface area contributed by atoms with Crippen LogP contribution in [0.5, 0.6) is 0 Å². The zero-order valence-electron chi connectivity index (χ0n) is 13.5. The van der Waals surface area contributed by atoms with Gasteiger partial charge in [-0.2, -0.15) is 0 Å².